The Balaban J connectivity index is 1.61. The highest BCUT2D eigenvalue weighted by molar-refractivity contribution is 5.80. The first-order valence-corrected chi connectivity index (χ1v) is 8.83. The second kappa shape index (κ2) is 8.65. The van der Waals surface area contributed by atoms with E-state index in [-0.39, 0.29) is 5.91 Å². The van der Waals surface area contributed by atoms with Crippen molar-refractivity contribution in [3.63, 3.8) is 0 Å². The van der Waals surface area contributed by atoms with E-state index in [0.717, 1.165) is 44.1 Å². The molecule has 2 aromatic rings. The summed E-state index contributed by atoms with van der Waals surface area (Å²) in [6.07, 6.45) is 0.500. The van der Waals surface area contributed by atoms with Crippen LogP contribution >= 0.6 is 0 Å². The fourth-order valence-electron chi connectivity index (χ4n) is 2.94. The molecule has 1 N–H and O–H groups in total. The van der Waals surface area contributed by atoms with Crippen LogP contribution in [0.25, 0.3) is 0 Å². The Labute approximate surface area is 149 Å². The number of para-hydroxylation sites is 2. The van der Waals surface area contributed by atoms with Crippen LogP contribution in [-0.4, -0.2) is 55.5 Å². The highest BCUT2D eigenvalue weighted by Crippen LogP contribution is 2.22. The van der Waals surface area contributed by atoms with Crippen LogP contribution in [0.1, 0.15) is 6.42 Å². The lowest BCUT2D eigenvalue weighted by Gasteiger charge is -2.32. The van der Waals surface area contributed by atoms with Gasteiger partial charge in [-0.25, -0.2) is 0 Å². The third kappa shape index (κ3) is 5.05. The second-order valence-corrected chi connectivity index (χ2v) is 6.44. The Morgan fingerprint density at radius 3 is 1.96 bits per heavy atom. The molecule has 5 nitrogen and oxygen atoms in total. The Morgan fingerprint density at radius 1 is 0.920 bits per heavy atom. The van der Waals surface area contributed by atoms with Crippen molar-refractivity contribution < 1.29 is 4.79 Å². The molecular weight excluding hydrogens is 312 g/mol. The smallest absolute Gasteiger partial charge is 0.240 e. The highest BCUT2D eigenvalue weighted by atomic mass is 16.2. The van der Waals surface area contributed by atoms with Gasteiger partial charge in [-0.3, -0.25) is 15.2 Å². The summed E-state index contributed by atoms with van der Waals surface area (Å²) < 4.78 is 0. The SMILES string of the molecule is CN1CCN(CCC(=O)NN(c2ccccc2)c2ccccc2)CC1. The van der Waals surface area contributed by atoms with E-state index >= 15 is 0 Å². The molecule has 25 heavy (non-hydrogen) atoms. The summed E-state index contributed by atoms with van der Waals surface area (Å²) in [5, 5.41) is 1.85. The molecule has 0 aromatic heterocycles. The van der Waals surface area contributed by atoms with Crippen LogP contribution < -0.4 is 10.4 Å². The zero-order valence-corrected chi connectivity index (χ0v) is 14.8. The van der Waals surface area contributed by atoms with E-state index in [4.69, 9.17) is 0 Å². The first kappa shape index (κ1) is 17.5. The van der Waals surface area contributed by atoms with Gasteiger partial charge in [0, 0.05) is 39.1 Å². The van der Waals surface area contributed by atoms with Crippen molar-refractivity contribution in [2.24, 2.45) is 0 Å². The number of hydrogen-bond donors (Lipinski definition) is 1. The molecule has 0 saturated carbocycles. The van der Waals surface area contributed by atoms with E-state index in [1.165, 1.54) is 0 Å². The van der Waals surface area contributed by atoms with Gasteiger partial charge in [-0.2, -0.15) is 0 Å². The largest absolute Gasteiger partial charge is 0.304 e. The number of rotatable bonds is 6. The maximum absolute atomic E-state index is 12.5. The Kier molecular flexibility index (Phi) is 6.04. The number of nitrogens with zero attached hydrogens (tertiary/aromatic N) is 3. The van der Waals surface area contributed by atoms with Gasteiger partial charge in [0.15, 0.2) is 0 Å². The van der Waals surface area contributed by atoms with Crippen LogP contribution in [-0.2, 0) is 4.79 Å². The number of benzene rings is 2. The maximum Gasteiger partial charge on any atom is 0.240 e. The molecule has 1 saturated heterocycles. The molecule has 0 aliphatic carbocycles. The number of carbonyl (C=O) groups excluding carboxylic acids is 1. The Bertz CT molecular complexity index is 614. The monoisotopic (exact) mass is 338 g/mol. The summed E-state index contributed by atoms with van der Waals surface area (Å²) in [4.78, 5) is 17.2. The van der Waals surface area contributed by atoms with Crippen molar-refractivity contribution in [1.82, 2.24) is 15.2 Å². The molecule has 2 aromatic carbocycles. The number of hydrazine groups is 1. The summed E-state index contributed by atoms with van der Waals surface area (Å²) in [6.45, 7) is 5.01. The number of likely N-dealkylation sites (N-methyl/N-ethyl adjacent to an activating group) is 1. The highest BCUT2D eigenvalue weighted by Gasteiger charge is 2.16. The van der Waals surface area contributed by atoms with Crippen LogP contribution in [0, 0.1) is 0 Å². The van der Waals surface area contributed by atoms with Crippen molar-refractivity contribution >= 4 is 17.3 Å². The quantitative estimate of drug-likeness (QED) is 0.822. The number of anilines is 2. The predicted octanol–water partition coefficient (Wildman–Crippen LogP) is 2.49. The summed E-state index contributed by atoms with van der Waals surface area (Å²) in [7, 11) is 2.14. The Hall–Kier alpha value is -2.37. The predicted molar refractivity (Wildman–Crippen MR) is 102 cm³/mol. The number of amides is 1. The molecule has 1 fully saturated rings. The molecule has 3 rings (SSSR count). The van der Waals surface area contributed by atoms with Gasteiger partial charge in [0.1, 0.15) is 0 Å². The van der Waals surface area contributed by atoms with E-state index in [9.17, 15) is 4.79 Å². The molecule has 0 unspecified atom stereocenters. The molecule has 1 aliphatic heterocycles. The average molecular weight is 338 g/mol. The van der Waals surface area contributed by atoms with Gasteiger partial charge >= 0.3 is 0 Å². The lowest BCUT2D eigenvalue weighted by Crippen LogP contribution is -2.46. The van der Waals surface area contributed by atoms with E-state index < -0.39 is 0 Å². The molecule has 0 radical (unpaired) electrons. The summed E-state index contributed by atoms with van der Waals surface area (Å²) >= 11 is 0. The fraction of sp³-hybridized carbons (Fsp3) is 0.350. The molecule has 1 heterocycles. The minimum Gasteiger partial charge on any atom is -0.304 e. The summed E-state index contributed by atoms with van der Waals surface area (Å²) in [5.74, 6) is 0.0339. The van der Waals surface area contributed by atoms with Crippen molar-refractivity contribution in [3.8, 4) is 0 Å². The topological polar surface area (TPSA) is 38.8 Å². The summed E-state index contributed by atoms with van der Waals surface area (Å²) in [5.41, 5.74) is 4.95. The van der Waals surface area contributed by atoms with Gasteiger partial charge in [0.05, 0.1) is 11.4 Å². The maximum atomic E-state index is 12.5. The molecule has 5 heteroatoms. The zero-order chi connectivity index (χ0) is 17.5. The van der Waals surface area contributed by atoms with E-state index in [2.05, 4.69) is 22.3 Å². The fourth-order valence-corrected chi connectivity index (χ4v) is 2.94. The van der Waals surface area contributed by atoms with Crippen LogP contribution in [0.4, 0.5) is 11.4 Å². The third-order valence-electron chi connectivity index (χ3n) is 4.52. The van der Waals surface area contributed by atoms with Crippen LogP contribution in [0.5, 0.6) is 0 Å². The molecule has 0 spiro atoms. The van der Waals surface area contributed by atoms with Crippen molar-refractivity contribution in [2.75, 3.05) is 44.8 Å². The van der Waals surface area contributed by atoms with Gasteiger partial charge in [0.25, 0.3) is 0 Å². The average Bonchev–Trinajstić information content (AvgIpc) is 2.67. The lowest BCUT2D eigenvalue weighted by molar-refractivity contribution is -0.121. The molecule has 1 aliphatic rings. The lowest BCUT2D eigenvalue weighted by atomic mass is 10.2. The normalized spacial score (nSPS) is 15.7. The third-order valence-corrected chi connectivity index (χ3v) is 4.52. The van der Waals surface area contributed by atoms with Gasteiger partial charge in [-0.15, -0.1) is 0 Å². The van der Waals surface area contributed by atoms with Crippen LogP contribution in [0.3, 0.4) is 0 Å². The standard InChI is InChI=1S/C20H26N4O/c1-22-14-16-23(17-15-22)13-12-20(25)21-24(18-8-4-2-5-9-18)19-10-6-3-7-11-19/h2-11H,12-17H2,1H3,(H,21,25). The van der Waals surface area contributed by atoms with Crippen LogP contribution in [0.2, 0.25) is 0 Å². The molecule has 132 valence electrons. The van der Waals surface area contributed by atoms with Crippen LogP contribution in [0.15, 0.2) is 60.7 Å². The van der Waals surface area contributed by atoms with Crippen molar-refractivity contribution in [3.05, 3.63) is 60.7 Å². The molecular formula is C20H26N4O. The Morgan fingerprint density at radius 2 is 1.44 bits per heavy atom. The first-order valence-electron chi connectivity index (χ1n) is 8.83. The van der Waals surface area contributed by atoms with E-state index in [1.54, 1.807) is 0 Å². The molecule has 0 bridgehead atoms. The summed E-state index contributed by atoms with van der Waals surface area (Å²) in [6, 6.07) is 19.8. The molecule has 1 amide bonds. The second-order valence-electron chi connectivity index (χ2n) is 6.44. The number of nitrogens with one attached hydrogen (secondary N) is 1. The van der Waals surface area contributed by atoms with E-state index in [0.29, 0.717) is 6.42 Å². The van der Waals surface area contributed by atoms with E-state index in [1.807, 2.05) is 65.7 Å². The van der Waals surface area contributed by atoms with Gasteiger partial charge in [-0.1, -0.05) is 36.4 Å². The van der Waals surface area contributed by atoms with Gasteiger partial charge in [-0.05, 0) is 31.3 Å². The minimum absolute atomic E-state index is 0.0339. The molecule has 0 atom stereocenters. The number of hydrogen-bond acceptors (Lipinski definition) is 4. The zero-order valence-electron chi connectivity index (χ0n) is 14.8. The van der Waals surface area contributed by atoms with Gasteiger partial charge in [0.2, 0.25) is 5.91 Å². The van der Waals surface area contributed by atoms with Crippen molar-refractivity contribution in [2.45, 2.75) is 6.42 Å². The number of piperazine rings is 1. The van der Waals surface area contributed by atoms with Gasteiger partial charge < -0.3 is 9.80 Å². The van der Waals surface area contributed by atoms with Crippen molar-refractivity contribution in [1.29, 1.82) is 0 Å². The first-order chi connectivity index (χ1) is 12.2. The number of carbonyl (C=O) groups is 1. The minimum atomic E-state index is 0.0339.